The summed E-state index contributed by atoms with van der Waals surface area (Å²) in [4.78, 5) is 83.1. The molecular formula is C42H52N10O9. The maximum absolute atomic E-state index is 13.4. The van der Waals surface area contributed by atoms with E-state index in [1.165, 1.54) is 30.0 Å². The number of hydrogen-bond acceptors (Lipinski definition) is 11. The number of unbranched alkanes of at least 4 members (excludes halogenated alkanes) is 1. The molecule has 0 aliphatic heterocycles. The maximum Gasteiger partial charge on any atom is 0.337 e. The lowest BCUT2D eigenvalue weighted by atomic mass is 10.1. The molecule has 6 N–H and O–H groups in total. The van der Waals surface area contributed by atoms with Crippen molar-refractivity contribution in [3.8, 4) is 11.5 Å². The van der Waals surface area contributed by atoms with Crippen LogP contribution in [0.5, 0.6) is 11.5 Å². The summed E-state index contributed by atoms with van der Waals surface area (Å²) in [6.07, 6.45) is 8.92. The number of aromatic carboxylic acids is 1. The van der Waals surface area contributed by atoms with Crippen molar-refractivity contribution in [3.63, 3.8) is 0 Å². The molecule has 0 atom stereocenters. The molecule has 4 heterocycles. The molecule has 0 bridgehead atoms. The standard InChI is InChI=1S/C42H52N10O9/c1-48(2)13-9-8-11-33(53)30-17-26(22-50(30)4)44-40(56)32-15-25(21-49(32)3)16-34(54)31-18-27(23-51(31)5)45-41(57)39-47-37(24-52(39)6)46-38(55)12-10-14-61-36-20-29(43)28(42(58)59)19-35(36)60-7/h15,17-24H,8-14,16,43H2,1-7H3,(H,44,56)(H,45,57)(H,46,55)(H,58,59). The molecule has 0 saturated carbocycles. The second-order valence-corrected chi connectivity index (χ2v) is 14.9. The lowest BCUT2D eigenvalue weighted by Gasteiger charge is -2.13. The summed E-state index contributed by atoms with van der Waals surface area (Å²) < 4.78 is 17.2. The number of aromatic nitrogens is 5. The van der Waals surface area contributed by atoms with E-state index in [2.05, 4.69) is 25.8 Å². The fraction of sp³-hybridized carbons (Fsp3) is 0.357. The van der Waals surface area contributed by atoms with E-state index < -0.39 is 11.9 Å². The molecule has 5 aromatic rings. The number of amides is 3. The van der Waals surface area contributed by atoms with Gasteiger partial charge < -0.3 is 59.4 Å². The quantitative estimate of drug-likeness (QED) is 0.0394. The summed E-state index contributed by atoms with van der Waals surface area (Å²) in [6, 6.07) is 7.47. The second kappa shape index (κ2) is 19.7. The molecule has 19 heteroatoms. The molecule has 61 heavy (non-hydrogen) atoms. The summed E-state index contributed by atoms with van der Waals surface area (Å²) in [7, 11) is 12.1. The van der Waals surface area contributed by atoms with Crippen molar-refractivity contribution in [2.75, 3.05) is 56.0 Å². The minimum atomic E-state index is -1.20. The third-order valence-electron chi connectivity index (χ3n) is 9.73. The van der Waals surface area contributed by atoms with E-state index in [9.17, 15) is 33.9 Å². The lowest BCUT2D eigenvalue weighted by molar-refractivity contribution is -0.116. The van der Waals surface area contributed by atoms with Crippen LogP contribution in [0.15, 0.2) is 55.1 Å². The molecule has 3 amide bonds. The summed E-state index contributed by atoms with van der Waals surface area (Å²) in [5.74, 6) is -2.19. The highest BCUT2D eigenvalue weighted by Gasteiger charge is 2.21. The van der Waals surface area contributed by atoms with Gasteiger partial charge in [-0.15, -0.1) is 0 Å². The van der Waals surface area contributed by atoms with Gasteiger partial charge >= 0.3 is 5.97 Å². The number of ether oxygens (including phenoxy) is 2. The van der Waals surface area contributed by atoms with E-state index in [-0.39, 0.29) is 77.2 Å². The Balaban J connectivity index is 1.11. The van der Waals surface area contributed by atoms with E-state index in [0.717, 1.165) is 19.4 Å². The number of nitrogen functional groups attached to an aromatic ring is 1. The molecule has 0 spiro atoms. The van der Waals surface area contributed by atoms with Gasteiger partial charge in [0.05, 0.1) is 47.7 Å². The molecule has 0 fully saturated rings. The average molecular weight is 841 g/mol. The zero-order valence-corrected chi connectivity index (χ0v) is 35.3. The van der Waals surface area contributed by atoms with Crippen LogP contribution in [0.1, 0.15) is 90.1 Å². The summed E-state index contributed by atoms with van der Waals surface area (Å²) in [5.41, 5.74) is 8.32. The number of nitrogens with two attached hydrogens (primary N) is 1. The lowest BCUT2D eigenvalue weighted by Crippen LogP contribution is -2.17. The Labute approximate surface area is 352 Å². The van der Waals surface area contributed by atoms with Crippen molar-refractivity contribution >= 4 is 58.1 Å². The number of aryl methyl sites for hydroxylation is 4. The number of ketones is 2. The van der Waals surface area contributed by atoms with E-state index in [1.54, 1.807) is 78.7 Å². The minimum Gasteiger partial charge on any atom is -0.493 e. The highest BCUT2D eigenvalue weighted by molar-refractivity contribution is 6.06. The number of carbonyl (C=O) groups excluding carboxylic acids is 5. The minimum absolute atomic E-state index is 0.00777. The molecule has 0 saturated heterocycles. The number of nitrogens with one attached hydrogen (secondary N) is 3. The number of anilines is 4. The van der Waals surface area contributed by atoms with Gasteiger partial charge in [0.25, 0.3) is 11.8 Å². The number of Topliss-reactive ketones (excluding diaryl/α,β-unsaturated/α-hetero) is 2. The highest BCUT2D eigenvalue weighted by Crippen LogP contribution is 2.32. The predicted molar refractivity (Wildman–Crippen MR) is 228 cm³/mol. The monoisotopic (exact) mass is 840 g/mol. The Morgan fingerprint density at radius 1 is 0.721 bits per heavy atom. The van der Waals surface area contributed by atoms with E-state index >= 15 is 0 Å². The van der Waals surface area contributed by atoms with Gasteiger partial charge in [0.1, 0.15) is 5.69 Å². The molecule has 19 nitrogen and oxygen atoms in total. The number of carbonyl (C=O) groups is 6. The number of rotatable bonds is 21. The molecule has 1 aromatic carbocycles. The van der Waals surface area contributed by atoms with Gasteiger partial charge in [-0.25, -0.2) is 9.78 Å². The number of carboxylic acids is 1. The van der Waals surface area contributed by atoms with Gasteiger partial charge in [-0.2, -0.15) is 0 Å². The zero-order valence-electron chi connectivity index (χ0n) is 35.3. The number of hydrogen-bond donors (Lipinski definition) is 5. The first-order chi connectivity index (χ1) is 28.9. The molecule has 0 radical (unpaired) electrons. The van der Waals surface area contributed by atoms with Crippen LogP contribution in [0.4, 0.5) is 22.9 Å². The van der Waals surface area contributed by atoms with Crippen molar-refractivity contribution in [1.82, 2.24) is 28.2 Å². The third kappa shape index (κ3) is 11.5. The van der Waals surface area contributed by atoms with Crippen molar-refractivity contribution in [1.29, 1.82) is 0 Å². The maximum atomic E-state index is 13.4. The van der Waals surface area contributed by atoms with Gasteiger partial charge in [-0.1, -0.05) is 0 Å². The number of methoxy groups -OCH3 is 1. The van der Waals surface area contributed by atoms with Crippen LogP contribution in [-0.2, 0) is 39.4 Å². The van der Waals surface area contributed by atoms with E-state index in [4.69, 9.17) is 15.2 Å². The normalized spacial score (nSPS) is 11.1. The number of carboxylic acid groups (broad SMARTS) is 1. The molecule has 0 aliphatic rings. The van der Waals surface area contributed by atoms with Crippen molar-refractivity contribution in [3.05, 3.63) is 89.2 Å². The second-order valence-electron chi connectivity index (χ2n) is 14.9. The smallest absolute Gasteiger partial charge is 0.337 e. The van der Waals surface area contributed by atoms with Crippen molar-refractivity contribution in [2.45, 2.75) is 38.5 Å². The molecule has 324 valence electrons. The SMILES string of the molecule is COc1cc(C(=O)O)c(N)cc1OCCCC(=O)Nc1cn(C)c(C(=O)Nc2cc(C(=O)Cc3cc(C(=O)Nc4cc(C(=O)CCCCN(C)C)n(C)c4)n(C)c3)n(C)c2)n1. The van der Waals surface area contributed by atoms with Crippen LogP contribution in [0.3, 0.4) is 0 Å². The highest BCUT2D eigenvalue weighted by atomic mass is 16.5. The van der Waals surface area contributed by atoms with E-state index in [0.29, 0.717) is 46.9 Å². The Kier molecular flexibility index (Phi) is 14.5. The van der Waals surface area contributed by atoms with Gasteiger partial charge in [-0.3, -0.25) is 24.0 Å². The number of nitrogens with zero attached hydrogens (tertiary/aromatic N) is 6. The van der Waals surface area contributed by atoms with Crippen LogP contribution >= 0.6 is 0 Å². The molecule has 4 aromatic heterocycles. The zero-order chi connectivity index (χ0) is 44.5. The first-order valence-corrected chi connectivity index (χ1v) is 19.4. The fourth-order valence-corrected chi connectivity index (χ4v) is 6.67. The van der Waals surface area contributed by atoms with Crippen molar-refractivity contribution in [2.24, 2.45) is 28.2 Å². The largest absolute Gasteiger partial charge is 0.493 e. The van der Waals surface area contributed by atoms with Crippen LogP contribution in [0.25, 0.3) is 0 Å². The van der Waals surface area contributed by atoms with Gasteiger partial charge in [0.2, 0.25) is 11.7 Å². The van der Waals surface area contributed by atoms with Gasteiger partial charge in [-0.05, 0) is 63.7 Å². The Hall–Kier alpha value is -7.15. The van der Waals surface area contributed by atoms with Gasteiger partial charge in [0.15, 0.2) is 28.9 Å². The first-order valence-electron chi connectivity index (χ1n) is 19.4. The Morgan fingerprint density at radius 2 is 1.36 bits per heavy atom. The van der Waals surface area contributed by atoms with E-state index in [1.807, 2.05) is 14.1 Å². The van der Waals surface area contributed by atoms with Crippen LogP contribution < -0.4 is 31.2 Å². The van der Waals surface area contributed by atoms with Crippen LogP contribution in [0, 0.1) is 0 Å². The number of imidazole rings is 1. The van der Waals surface area contributed by atoms with Gasteiger partial charge in [0, 0.05) is 84.4 Å². The molecule has 0 aliphatic carbocycles. The fourth-order valence-electron chi connectivity index (χ4n) is 6.67. The molecular weight excluding hydrogens is 789 g/mol. The molecule has 0 unspecified atom stereocenters. The average Bonchev–Trinajstić information content (AvgIpc) is 3.96. The summed E-state index contributed by atoms with van der Waals surface area (Å²) >= 11 is 0. The Bertz CT molecular complexity index is 2450. The van der Waals surface area contributed by atoms with Crippen LogP contribution in [-0.4, -0.2) is 103 Å². The predicted octanol–water partition coefficient (Wildman–Crippen LogP) is 4.37. The van der Waals surface area contributed by atoms with Crippen LogP contribution in [0.2, 0.25) is 0 Å². The van der Waals surface area contributed by atoms with Crippen molar-refractivity contribution < 1.29 is 43.3 Å². The number of benzene rings is 1. The summed E-state index contributed by atoms with van der Waals surface area (Å²) in [6.45, 7) is 1.01. The third-order valence-corrected chi connectivity index (χ3v) is 9.73. The first kappa shape index (κ1) is 44.9. The topological polar surface area (TPSA) is 239 Å². The summed E-state index contributed by atoms with van der Waals surface area (Å²) in [5, 5.41) is 17.5. The Morgan fingerprint density at radius 3 is 2.00 bits per heavy atom. The molecule has 5 rings (SSSR count).